The molecule has 2 aromatic rings. The minimum Gasteiger partial charge on any atom is -0.469 e. The highest BCUT2D eigenvalue weighted by Crippen LogP contribution is 2.25. The Labute approximate surface area is 127 Å². The number of hydrogen-bond donors (Lipinski definition) is 1. The largest absolute Gasteiger partial charge is 0.469 e. The van der Waals surface area contributed by atoms with Gasteiger partial charge in [-0.3, -0.25) is 0 Å². The summed E-state index contributed by atoms with van der Waals surface area (Å²) < 4.78 is 19.3. The second-order valence-corrected chi connectivity index (χ2v) is 5.57. The Hall–Kier alpha value is -1.13. The second kappa shape index (κ2) is 7.04. The average Bonchev–Trinajstić information content (AvgIpc) is 2.90. The smallest absolute Gasteiger partial charge is 0.137 e. The Morgan fingerprint density at radius 3 is 2.75 bits per heavy atom. The second-order valence-electron chi connectivity index (χ2n) is 4.72. The molecule has 4 heteroatoms. The van der Waals surface area contributed by atoms with E-state index in [1.54, 1.807) is 6.26 Å². The van der Waals surface area contributed by atoms with Crippen LogP contribution in [0.5, 0.6) is 0 Å². The van der Waals surface area contributed by atoms with Crippen molar-refractivity contribution in [1.82, 2.24) is 5.32 Å². The minimum atomic E-state index is -0.230. The van der Waals surface area contributed by atoms with Crippen LogP contribution in [0.4, 0.5) is 4.39 Å². The molecule has 1 N–H and O–H groups in total. The van der Waals surface area contributed by atoms with Crippen LogP contribution in [-0.4, -0.2) is 6.54 Å². The summed E-state index contributed by atoms with van der Waals surface area (Å²) in [6, 6.07) is 7.37. The molecular weight excluding hydrogens is 321 g/mol. The van der Waals surface area contributed by atoms with E-state index in [-0.39, 0.29) is 11.9 Å². The molecule has 0 fully saturated rings. The molecule has 0 saturated carbocycles. The number of rotatable bonds is 6. The quantitative estimate of drug-likeness (QED) is 0.829. The van der Waals surface area contributed by atoms with Crippen molar-refractivity contribution < 1.29 is 8.81 Å². The van der Waals surface area contributed by atoms with Gasteiger partial charge in [0.2, 0.25) is 0 Å². The summed E-state index contributed by atoms with van der Waals surface area (Å²) in [5.74, 6) is 0.781. The fourth-order valence-electron chi connectivity index (χ4n) is 2.39. The summed E-state index contributed by atoms with van der Waals surface area (Å²) in [6.45, 7) is 5.04. The van der Waals surface area contributed by atoms with Gasteiger partial charge in [0.15, 0.2) is 0 Å². The molecule has 0 radical (unpaired) electrons. The van der Waals surface area contributed by atoms with Crippen LogP contribution in [0.15, 0.2) is 39.4 Å². The van der Waals surface area contributed by atoms with Gasteiger partial charge in [-0.05, 0) is 52.7 Å². The number of halogens is 2. The average molecular weight is 340 g/mol. The first kappa shape index (κ1) is 15.3. The van der Waals surface area contributed by atoms with E-state index >= 15 is 0 Å². The molecule has 0 amide bonds. The van der Waals surface area contributed by atoms with Gasteiger partial charge in [-0.2, -0.15) is 0 Å². The summed E-state index contributed by atoms with van der Waals surface area (Å²) in [5, 5.41) is 3.47. The number of likely N-dealkylation sites (N-methyl/N-ethyl adjacent to an activating group) is 1. The van der Waals surface area contributed by atoms with Gasteiger partial charge < -0.3 is 9.73 Å². The van der Waals surface area contributed by atoms with Crippen molar-refractivity contribution in [3.8, 4) is 0 Å². The zero-order valence-corrected chi connectivity index (χ0v) is 13.3. The highest BCUT2D eigenvalue weighted by molar-refractivity contribution is 9.10. The molecule has 1 heterocycles. The molecule has 0 bridgehead atoms. The summed E-state index contributed by atoms with van der Waals surface area (Å²) in [4.78, 5) is 0. The molecular formula is C16H19BrFNO. The zero-order chi connectivity index (χ0) is 14.5. The van der Waals surface area contributed by atoms with Crippen LogP contribution >= 0.6 is 15.9 Å². The molecule has 0 aliphatic heterocycles. The molecule has 0 spiro atoms. The Balaban J connectivity index is 2.23. The predicted molar refractivity (Wildman–Crippen MR) is 82.3 cm³/mol. The first-order valence-electron chi connectivity index (χ1n) is 6.89. The van der Waals surface area contributed by atoms with Crippen molar-refractivity contribution in [2.45, 2.75) is 32.7 Å². The maximum absolute atomic E-state index is 13.3. The summed E-state index contributed by atoms with van der Waals surface area (Å²) >= 11 is 3.24. The van der Waals surface area contributed by atoms with Crippen LogP contribution in [0, 0.1) is 5.82 Å². The Morgan fingerprint density at radius 2 is 2.10 bits per heavy atom. The third-order valence-corrected chi connectivity index (χ3v) is 3.96. The number of furan rings is 1. The lowest BCUT2D eigenvalue weighted by Gasteiger charge is -2.18. The summed E-state index contributed by atoms with van der Waals surface area (Å²) in [6.07, 6.45) is 3.41. The Kier molecular flexibility index (Phi) is 5.38. The topological polar surface area (TPSA) is 25.2 Å². The van der Waals surface area contributed by atoms with Crippen molar-refractivity contribution in [2.75, 3.05) is 6.54 Å². The number of benzene rings is 1. The van der Waals surface area contributed by atoms with E-state index in [1.165, 1.54) is 11.6 Å². The Morgan fingerprint density at radius 1 is 1.30 bits per heavy atom. The van der Waals surface area contributed by atoms with E-state index in [0.717, 1.165) is 30.7 Å². The maximum Gasteiger partial charge on any atom is 0.137 e. The minimum absolute atomic E-state index is 0.186. The van der Waals surface area contributed by atoms with Gasteiger partial charge in [0.05, 0.1) is 10.7 Å². The number of nitrogens with one attached hydrogen (secondary N) is 1. The summed E-state index contributed by atoms with van der Waals surface area (Å²) in [7, 11) is 0. The van der Waals surface area contributed by atoms with E-state index in [2.05, 4.69) is 35.1 Å². The third kappa shape index (κ3) is 3.49. The molecule has 2 rings (SSSR count). The normalized spacial score (nSPS) is 12.6. The van der Waals surface area contributed by atoms with Crippen LogP contribution in [-0.2, 0) is 12.8 Å². The first-order chi connectivity index (χ1) is 9.65. The lowest BCUT2D eigenvalue weighted by Crippen LogP contribution is -2.23. The molecule has 2 nitrogen and oxygen atoms in total. The van der Waals surface area contributed by atoms with Crippen molar-refractivity contribution in [3.63, 3.8) is 0 Å². The van der Waals surface area contributed by atoms with E-state index in [0.29, 0.717) is 4.47 Å². The fraction of sp³-hybridized carbons (Fsp3) is 0.375. The maximum atomic E-state index is 13.3. The molecule has 1 aromatic carbocycles. The van der Waals surface area contributed by atoms with Crippen LogP contribution < -0.4 is 5.32 Å². The van der Waals surface area contributed by atoms with Crippen molar-refractivity contribution >= 4 is 15.9 Å². The molecule has 108 valence electrons. The molecule has 1 unspecified atom stereocenters. The van der Waals surface area contributed by atoms with E-state index in [4.69, 9.17) is 4.42 Å². The zero-order valence-electron chi connectivity index (χ0n) is 11.7. The molecule has 0 aliphatic rings. The van der Waals surface area contributed by atoms with Gasteiger partial charge in [-0.15, -0.1) is 0 Å². The van der Waals surface area contributed by atoms with Crippen LogP contribution in [0.3, 0.4) is 0 Å². The van der Waals surface area contributed by atoms with Crippen LogP contribution in [0.2, 0.25) is 0 Å². The standard InChI is InChI=1S/C16H19BrFNO/c1-3-16-12(7-8-20-16)15(19-4-2)10-11-5-6-14(18)13(17)9-11/h5-9,15,19H,3-4,10H2,1-2H3. The molecule has 0 saturated heterocycles. The van der Waals surface area contributed by atoms with E-state index in [9.17, 15) is 4.39 Å². The fourth-order valence-corrected chi connectivity index (χ4v) is 2.82. The van der Waals surface area contributed by atoms with Crippen LogP contribution in [0.25, 0.3) is 0 Å². The molecule has 1 aromatic heterocycles. The lowest BCUT2D eigenvalue weighted by molar-refractivity contribution is 0.487. The first-order valence-corrected chi connectivity index (χ1v) is 7.68. The van der Waals surface area contributed by atoms with Gasteiger partial charge in [-0.25, -0.2) is 4.39 Å². The van der Waals surface area contributed by atoms with Gasteiger partial charge >= 0.3 is 0 Å². The highest BCUT2D eigenvalue weighted by atomic mass is 79.9. The van der Waals surface area contributed by atoms with E-state index in [1.807, 2.05) is 18.2 Å². The van der Waals surface area contributed by atoms with Crippen LogP contribution in [0.1, 0.15) is 36.8 Å². The van der Waals surface area contributed by atoms with Crippen molar-refractivity contribution in [2.24, 2.45) is 0 Å². The van der Waals surface area contributed by atoms with Crippen molar-refractivity contribution in [1.29, 1.82) is 0 Å². The SMILES string of the molecule is CCNC(Cc1ccc(F)c(Br)c1)c1ccoc1CC. The predicted octanol–water partition coefficient (Wildman–Crippen LogP) is 4.64. The molecule has 20 heavy (non-hydrogen) atoms. The number of aryl methyl sites for hydroxylation is 1. The van der Waals surface area contributed by atoms with Gasteiger partial charge in [0.25, 0.3) is 0 Å². The molecule has 0 aliphatic carbocycles. The van der Waals surface area contributed by atoms with Gasteiger partial charge in [0, 0.05) is 18.0 Å². The molecule has 1 atom stereocenters. The third-order valence-electron chi connectivity index (χ3n) is 3.35. The monoisotopic (exact) mass is 339 g/mol. The van der Waals surface area contributed by atoms with Gasteiger partial charge in [0.1, 0.15) is 11.6 Å². The van der Waals surface area contributed by atoms with Crippen molar-refractivity contribution in [3.05, 3.63) is 57.7 Å². The van der Waals surface area contributed by atoms with Gasteiger partial charge in [-0.1, -0.05) is 19.9 Å². The number of hydrogen-bond acceptors (Lipinski definition) is 2. The summed E-state index contributed by atoms with van der Waals surface area (Å²) in [5.41, 5.74) is 2.28. The Bertz CT molecular complexity index is 567. The lowest BCUT2D eigenvalue weighted by atomic mass is 9.98. The highest BCUT2D eigenvalue weighted by Gasteiger charge is 2.17. The van der Waals surface area contributed by atoms with E-state index < -0.39 is 0 Å².